The topological polar surface area (TPSA) is 84.9 Å². The molecule has 1 rings (SSSR count). The molecule has 1 fully saturated rings. The first-order valence-corrected chi connectivity index (χ1v) is 7.90. The number of carbonyl (C=O) groups excluding carboxylic acids is 1. The molecule has 2 atom stereocenters. The molecule has 1 amide bonds. The minimum absolute atomic E-state index is 0.162. The van der Waals surface area contributed by atoms with E-state index >= 15 is 0 Å². The van der Waals surface area contributed by atoms with Gasteiger partial charge in [0.15, 0.2) is 0 Å². The normalized spacial score (nSPS) is 20.1. The Hall–Kier alpha value is -0.700. The van der Waals surface area contributed by atoms with Crippen molar-refractivity contribution >= 4 is 15.9 Å². The molecular weight excluding hydrogens is 272 g/mol. The number of hydrogen-bond donors (Lipinski definition) is 1. The van der Waals surface area contributed by atoms with Crippen molar-refractivity contribution in [2.24, 2.45) is 0 Å². The molecule has 0 radical (unpaired) electrons. The van der Waals surface area contributed by atoms with Crippen LogP contribution in [-0.2, 0) is 24.3 Å². The molecule has 0 bridgehead atoms. The summed E-state index contributed by atoms with van der Waals surface area (Å²) >= 11 is 0. The summed E-state index contributed by atoms with van der Waals surface area (Å²) in [5, 5.41) is 0. The third-order valence-electron chi connectivity index (χ3n) is 2.91. The van der Waals surface area contributed by atoms with Crippen LogP contribution in [0.1, 0.15) is 13.8 Å². The van der Waals surface area contributed by atoms with E-state index < -0.39 is 22.2 Å². The van der Waals surface area contributed by atoms with Crippen LogP contribution < -0.4 is 4.72 Å². The number of carbonyl (C=O) groups is 1. The van der Waals surface area contributed by atoms with Crippen molar-refractivity contribution in [3.8, 4) is 0 Å². The van der Waals surface area contributed by atoms with Crippen molar-refractivity contribution in [1.29, 1.82) is 0 Å². The monoisotopic (exact) mass is 294 g/mol. The van der Waals surface area contributed by atoms with Gasteiger partial charge in [-0.05, 0) is 13.8 Å². The highest BCUT2D eigenvalue weighted by Gasteiger charge is 2.26. The van der Waals surface area contributed by atoms with Crippen LogP contribution >= 0.6 is 0 Å². The second-order valence-corrected chi connectivity index (χ2v) is 6.40. The average Bonchev–Trinajstić information content (AvgIpc) is 2.37. The molecule has 1 saturated heterocycles. The minimum Gasteiger partial charge on any atom is -0.381 e. The van der Waals surface area contributed by atoms with Crippen LogP contribution in [0.3, 0.4) is 0 Å². The van der Waals surface area contributed by atoms with Crippen molar-refractivity contribution in [3.63, 3.8) is 0 Å². The van der Waals surface area contributed by atoms with E-state index in [2.05, 4.69) is 4.72 Å². The standard InChI is InChI=1S/C11H22N2O5S/c1-9(17-3)8-19(15,16)12-10(2)11(14)13-4-6-18-7-5-13/h9-10,12H,4-8H2,1-3H3/t9-,10-/m0/s1. The van der Waals surface area contributed by atoms with Crippen molar-refractivity contribution in [3.05, 3.63) is 0 Å². The fourth-order valence-electron chi connectivity index (χ4n) is 1.80. The van der Waals surface area contributed by atoms with Gasteiger partial charge in [-0.2, -0.15) is 0 Å². The van der Waals surface area contributed by atoms with E-state index in [0.717, 1.165) is 0 Å². The van der Waals surface area contributed by atoms with Crippen molar-refractivity contribution in [2.45, 2.75) is 26.0 Å². The Morgan fingerprint density at radius 3 is 2.47 bits per heavy atom. The number of amides is 1. The lowest BCUT2D eigenvalue weighted by atomic mass is 10.3. The third kappa shape index (κ3) is 5.43. The van der Waals surface area contributed by atoms with Crippen LogP contribution in [-0.4, -0.2) is 70.5 Å². The average molecular weight is 294 g/mol. The van der Waals surface area contributed by atoms with E-state index in [0.29, 0.717) is 26.3 Å². The summed E-state index contributed by atoms with van der Waals surface area (Å²) in [7, 11) is -2.08. The maximum atomic E-state index is 12.0. The first-order chi connectivity index (χ1) is 8.85. The Balaban J connectivity index is 2.53. The van der Waals surface area contributed by atoms with E-state index in [1.54, 1.807) is 18.7 Å². The Morgan fingerprint density at radius 2 is 1.95 bits per heavy atom. The lowest BCUT2D eigenvalue weighted by molar-refractivity contribution is -0.136. The lowest BCUT2D eigenvalue weighted by Crippen LogP contribution is -2.51. The summed E-state index contributed by atoms with van der Waals surface area (Å²) in [6.45, 7) is 5.19. The maximum Gasteiger partial charge on any atom is 0.240 e. The molecule has 7 nitrogen and oxygen atoms in total. The van der Waals surface area contributed by atoms with E-state index in [1.165, 1.54) is 7.11 Å². The zero-order valence-electron chi connectivity index (χ0n) is 11.6. The molecular formula is C11H22N2O5S. The number of methoxy groups -OCH3 is 1. The summed E-state index contributed by atoms with van der Waals surface area (Å²) in [5.41, 5.74) is 0. The van der Waals surface area contributed by atoms with Gasteiger partial charge in [-0.15, -0.1) is 0 Å². The summed E-state index contributed by atoms with van der Waals surface area (Å²) < 4.78 is 36.1. The smallest absolute Gasteiger partial charge is 0.240 e. The minimum atomic E-state index is -3.53. The Kier molecular flexibility index (Phi) is 6.18. The third-order valence-corrected chi connectivity index (χ3v) is 4.53. The quantitative estimate of drug-likeness (QED) is 0.692. The Labute approximate surface area is 114 Å². The van der Waals surface area contributed by atoms with Crippen LogP contribution in [0.4, 0.5) is 0 Å². The molecule has 19 heavy (non-hydrogen) atoms. The van der Waals surface area contributed by atoms with Crippen LogP contribution in [0.25, 0.3) is 0 Å². The molecule has 0 aromatic rings. The lowest BCUT2D eigenvalue weighted by Gasteiger charge is -2.29. The number of hydrogen-bond acceptors (Lipinski definition) is 5. The van der Waals surface area contributed by atoms with Crippen LogP contribution in [0.5, 0.6) is 0 Å². The molecule has 1 heterocycles. The summed E-state index contributed by atoms with van der Waals surface area (Å²) in [5.74, 6) is -0.388. The molecule has 1 N–H and O–H groups in total. The van der Waals surface area contributed by atoms with Gasteiger partial charge in [-0.3, -0.25) is 4.79 Å². The molecule has 0 saturated carbocycles. The van der Waals surface area contributed by atoms with Gasteiger partial charge in [0, 0.05) is 20.2 Å². The molecule has 112 valence electrons. The molecule has 0 unspecified atom stereocenters. The van der Waals surface area contributed by atoms with Crippen LogP contribution in [0, 0.1) is 0 Å². The Bertz CT molecular complexity index is 392. The number of sulfonamides is 1. The number of nitrogens with one attached hydrogen (secondary N) is 1. The van der Waals surface area contributed by atoms with Gasteiger partial charge in [0.05, 0.1) is 31.1 Å². The number of morpholine rings is 1. The fourth-order valence-corrected chi connectivity index (χ4v) is 3.29. The molecule has 0 aromatic heterocycles. The zero-order valence-corrected chi connectivity index (χ0v) is 12.4. The van der Waals surface area contributed by atoms with Crippen molar-refractivity contribution in [1.82, 2.24) is 9.62 Å². The predicted octanol–water partition coefficient (Wildman–Crippen LogP) is -0.812. The Morgan fingerprint density at radius 1 is 1.37 bits per heavy atom. The maximum absolute atomic E-state index is 12.0. The van der Waals surface area contributed by atoms with Crippen molar-refractivity contribution < 1.29 is 22.7 Å². The van der Waals surface area contributed by atoms with Crippen LogP contribution in [0.15, 0.2) is 0 Å². The van der Waals surface area contributed by atoms with Crippen LogP contribution in [0.2, 0.25) is 0 Å². The highest BCUT2D eigenvalue weighted by molar-refractivity contribution is 7.89. The van der Waals surface area contributed by atoms with E-state index in [4.69, 9.17) is 9.47 Å². The fraction of sp³-hybridized carbons (Fsp3) is 0.909. The van der Waals surface area contributed by atoms with Gasteiger partial charge in [0.1, 0.15) is 0 Å². The molecule has 1 aliphatic heterocycles. The summed E-state index contributed by atoms with van der Waals surface area (Å²) in [4.78, 5) is 13.7. The summed E-state index contributed by atoms with van der Waals surface area (Å²) in [6, 6.07) is -0.771. The van der Waals surface area contributed by atoms with Gasteiger partial charge in [0.2, 0.25) is 15.9 Å². The molecule has 0 spiro atoms. The molecule has 0 aromatic carbocycles. The van der Waals surface area contributed by atoms with Gasteiger partial charge >= 0.3 is 0 Å². The first kappa shape index (κ1) is 16.4. The first-order valence-electron chi connectivity index (χ1n) is 6.25. The number of rotatable bonds is 6. The largest absolute Gasteiger partial charge is 0.381 e. The molecule has 8 heteroatoms. The summed E-state index contributed by atoms with van der Waals surface area (Å²) in [6.07, 6.45) is -0.414. The number of nitrogens with zero attached hydrogens (tertiary/aromatic N) is 1. The van der Waals surface area contributed by atoms with Gasteiger partial charge in [-0.25, -0.2) is 13.1 Å². The highest BCUT2D eigenvalue weighted by atomic mass is 32.2. The molecule has 1 aliphatic rings. The zero-order chi connectivity index (χ0) is 14.5. The second kappa shape index (κ2) is 7.18. The number of ether oxygens (including phenoxy) is 2. The SMILES string of the molecule is CO[C@@H](C)CS(=O)(=O)N[C@@H](C)C(=O)N1CCOCC1. The van der Waals surface area contributed by atoms with Gasteiger partial charge in [0.25, 0.3) is 0 Å². The van der Waals surface area contributed by atoms with E-state index in [-0.39, 0.29) is 11.7 Å². The van der Waals surface area contributed by atoms with E-state index in [9.17, 15) is 13.2 Å². The predicted molar refractivity (Wildman–Crippen MR) is 70.3 cm³/mol. The molecule has 0 aliphatic carbocycles. The second-order valence-electron chi connectivity index (χ2n) is 4.60. The highest BCUT2D eigenvalue weighted by Crippen LogP contribution is 2.03. The van der Waals surface area contributed by atoms with Gasteiger partial charge < -0.3 is 14.4 Å². The van der Waals surface area contributed by atoms with E-state index in [1.807, 2.05) is 0 Å². The van der Waals surface area contributed by atoms with Gasteiger partial charge in [-0.1, -0.05) is 0 Å². The van der Waals surface area contributed by atoms with Crippen molar-refractivity contribution in [2.75, 3.05) is 39.2 Å².